The van der Waals surface area contributed by atoms with Crippen LogP contribution >= 0.6 is 11.6 Å². The average molecular weight is 340 g/mol. The van der Waals surface area contributed by atoms with Gasteiger partial charge in [-0.2, -0.15) is 10.2 Å². The van der Waals surface area contributed by atoms with Crippen molar-refractivity contribution in [3.8, 4) is 0 Å². The van der Waals surface area contributed by atoms with Gasteiger partial charge in [-0.25, -0.2) is 4.79 Å². The minimum atomic E-state index is -0.537. The second-order valence-corrected chi connectivity index (χ2v) is 5.32. The van der Waals surface area contributed by atoms with Crippen LogP contribution < -0.4 is 5.32 Å². The highest BCUT2D eigenvalue weighted by Crippen LogP contribution is 2.19. The van der Waals surface area contributed by atoms with Crippen molar-refractivity contribution >= 4 is 29.3 Å². The van der Waals surface area contributed by atoms with Gasteiger partial charge >= 0.3 is 5.97 Å². The molecule has 0 fully saturated rings. The Bertz CT molecular complexity index is 750. The Morgan fingerprint density at radius 2 is 2.09 bits per heavy atom. The predicted octanol–water partition coefficient (Wildman–Crippen LogP) is 1.70. The molecule has 2 aromatic rings. The normalized spacial score (nSPS) is 10.7. The number of ether oxygens (including phenoxy) is 1. The summed E-state index contributed by atoms with van der Waals surface area (Å²) in [6.07, 6.45) is 1.35. The molecule has 0 aromatic carbocycles. The highest BCUT2D eigenvalue weighted by atomic mass is 35.5. The van der Waals surface area contributed by atoms with Gasteiger partial charge in [-0.3, -0.25) is 14.2 Å². The molecule has 0 aliphatic rings. The lowest BCUT2D eigenvalue weighted by Crippen LogP contribution is -2.23. The Morgan fingerprint density at radius 1 is 1.39 bits per heavy atom. The highest BCUT2D eigenvalue weighted by Gasteiger charge is 2.20. The van der Waals surface area contributed by atoms with Crippen LogP contribution in [0.4, 0.5) is 5.82 Å². The van der Waals surface area contributed by atoms with Crippen LogP contribution in [0.3, 0.4) is 0 Å². The lowest BCUT2D eigenvalue weighted by Gasteiger charge is -2.09. The Hall–Kier alpha value is -2.35. The second kappa shape index (κ2) is 6.82. The fourth-order valence-electron chi connectivity index (χ4n) is 2.08. The van der Waals surface area contributed by atoms with Gasteiger partial charge in [0.15, 0.2) is 0 Å². The summed E-state index contributed by atoms with van der Waals surface area (Å²) in [7, 11) is 1.62. The van der Waals surface area contributed by atoms with E-state index in [0.717, 1.165) is 0 Å². The smallest absolute Gasteiger partial charge is 0.343 e. The average Bonchev–Trinajstić information content (AvgIpc) is 2.96. The molecule has 23 heavy (non-hydrogen) atoms. The molecule has 2 rings (SSSR count). The minimum Gasteiger partial charge on any atom is -0.462 e. The van der Waals surface area contributed by atoms with Gasteiger partial charge in [0.25, 0.3) is 0 Å². The number of carbonyl (C=O) groups excluding carboxylic acids is 2. The standard InChI is InChI=1S/C14H18ClN5O3/c1-5-23-14(22)10-6-16-19(4)13(10)17-11(21)7-20-9(3)12(15)8(2)18-20/h6H,5,7H2,1-4H3,(H,17,21). The molecule has 1 amide bonds. The number of nitrogens with one attached hydrogen (secondary N) is 1. The van der Waals surface area contributed by atoms with Crippen LogP contribution in [0.2, 0.25) is 5.02 Å². The van der Waals surface area contributed by atoms with E-state index in [4.69, 9.17) is 16.3 Å². The molecule has 2 heterocycles. The molecule has 124 valence electrons. The van der Waals surface area contributed by atoms with Crippen LogP contribution in [0.1, 0.15) is 28.7 Å². The van der Waals surface area contributed by atoms with Crippen LogP contribution in [0.25, 0.3) is 0 Å². The van der Waals surface area contributed by atoms with Gasteiger partial charge in [0.05, 0.1) is 29.2 Å². The number of anilines is 1. The van der Waals surface area contributed by atoms with Crippen molar-refractivity contribution in [2.24, 2.45) is 7.05 Å². The molecule has 9 heteroatoms. The van der Waals surface area contributed by atoms with Gasteiger partial charge < -0.3 is 10.1 Å². The summed E-state index contributed by atoms with van der Waals surface area (Å²) in [5.74, 6) is -0.604. The number of rotatable bonds is 5. The lowest BCUT2D eigenvalue weighted by molar-refractivity contribution is -0.117. The van der Waals surface area contributed by atoms with Crippen LogP contribution in [-0.2, 0) is 23.1 Å². The van der Waals surface area contributed by atoms with E-state index in [1.54, 1.807) is 27.8 Å². The minimum absolute atomic E-state index is 0.0210. The number of hydrogen-bond donors (Lipinski definition) is 1. The zero-order valence-corrected chi connectivity index (χ0v) is 14.1. The first-order valence-electron chi connectivity index (χ1n) is 7.03. The van der Waals surface area contributed by atoms with Crippen LogP contribution in [0, 0.1) is 13.8 Å². The second-order valence-electron chi connectivity index (χ2n) is 4.94. The van der Waals surface area contributed by atoms with E-state index in [-0.39, 0.29) is 30.4 Å². The number of amides is 1. The summed E-state index contributed by atoms with van der Waals surface area (Å²) in [5.41, 5.74) is 1.56. The van der Waals surface area contributed by atoms with E-state index >= 15 is 0 Å². The maximum Gasteiger partial charge on any atom is 0.343 e. The van der Waals surface area contributed by atoms with Gasteiger partial charge in [0.1, 0.15) is 17.9 Å². The molecule has 0 radical (unpaired) electrons. The predicted molar refractivity (Wildman–Crippen MR) is 84.5 cm³/mol. The van der Waals surface area contributed by atoms with Crippen LogP contribution in [0.15, 0.2) is 6.20 Å². The summed E-state index contributed by atoms with van der Waals surface area (Å²) < 4.78 is 7.85. The maximum absolute atomic E-state index is 12.2. The highest BCUT2D eigenvalue weighted by molar-refractivity contribution is 6.31. The molecular formula is C14H18ClN5O3. The first-order chi connectivity index (χ1) is 10.8. The van der Waals surface area contributed by atoms with Crippen molar-refractivity contribution in [3.63, 3.8) is 0 Å². The van der Waals surface area contributed by atoms with Gasteiger partial charge in [0.2, 0.25) is 5.91 Å². The topological polar surface area (TPSA) is 91.0 Å². The maximum atomic E-state index is 12.2. The number of aromatic nitrogens is 4. The van der Waals surface area contributed by atoms with E-state index in [0.29, 0.717) is 16.4 Å². The van der Waals surface area contributed by atoms with Crippen LogP contribution in [-0.4, -0.2) is 38.0 Å². The summed E-state index contributed by atoms with van der Waals surface area (Å²) in [6.45, 7) is 5.48. The Kier molecular flexibility index (Phi) is 5.05. The first kappa shape index (κ1) is 17.0. The summed E-state index contributed by atoms with van der Waals surface area (Å²) >= 11 is 6.06. The van der Waals surface area contributed by atoms with Crippen molar-refractivity contribution in [1.29, 1.82) is 0 Å². The van der Waals surface area contributed by atoms with Gasteiger partial charge in [-0.15, -0.1) is 0 Å². The number of nitrogens with zero attached hydrogens (tertiary/aromatic N) is 4. The molecule has 0 aliphatic heterocycles. The molecule has 0 bridgehead atoms. The summed E-state index contributed by atoms with van der Waals surface area (Å²) in [6, 6.07) is 0. The fourth-order valence-corrected chi connectivity index (χ4v) is 2.22. The third kappa shape index (κ3) is 3.53. The van der Waals surface area contributed by atoms with Crippen molar-refractivity contribution in [2.75, 3.05) is 11.9 Å². The molecule has 0 atom stereocenters. The third-order valence-corrected chi connectivity index (χ3v) is 3.83. The quantitative estimate of drug-likeness (QED) is 0.837. The molecule has 0 unspecified atom stereocenters. The molecule has 0 saturated heterocycles. The summed E-state index contributed by atoms with van der Waals surface area (Å²) in [5, 5.41) is 11.4. The zero-order chi connectivity index (χ0) is 17.1. The Morgan fingerprint density at radius 3 is 2.65 bits per heavy atom. The molecule has 8 nitrogen and oxygen atoms in total. The van der Waals surface area contributed by atoms with Crippen molar-refractivity contribution in [1.82, 2.24) is 19.6 Å². The number of hydrogen-bond acceptors (Lipinski definition) is 5. The van der Waals surface area contributed by atoms with Crippen molar-refractivity contribution in [3.05, 3.63) is 28.2 Å². The molecule has 0 aliphatic carbocycles. The number of carbonyl (C=O) groups is 2. The Labute approximate surface area is 138 Å². The van der Waals surface area contributed by atoms with E-state index < -0.39 is 5.97 Å². The number of halogens is 1. The van der Waals surface area contributed by atoms with E-state index in [1.807, 2.05) is 0 Å². The number of esters is 1. The zero-order valence-electron chi connectivity index (χ0n) is 13.4. The molecule has 2 aromatic heterocycles. The summed E-state index contributed by atoms with van der Waals surface area (Å²) in [4.78, 5) is 24.1. The van der Waals surface area contributed by atoms with Crippen molar-refractivity contribution < 1.29 is 14.3 Å². The van der Waals surface area contributed by atoms with Gasteiger partial charge in [-0.1, -0.05) is 11.6 Å². The third-order valence-electron chi connectivity index (χ3n) is 3.28. The van der Waals surface area contributed by atoms with Gasteiger partial charge in [0, 0.05) is 7.05 Å². The fraction of sp³-hybridized carbons (Fsp3) is 0.429. The van der Waals surface area contributed by atoms with E-state index in [2.05, 4.69) is 15.5 Å². The largest absolute Gasteiger partial charge is 0.462 e. The Balaban J connectivity index is 2.16. The molecule has 0 saturated carbocycles. The molecule has 0 spiro atoms. The molecule has 1 N–H and O–H groups in total. The number of aryl methyl sites for hydroxylation is 2. The van der Waals surface area contributed by atoms with E-state index in [9.17, 15) is 9.59 Å². The SMILES string of the molecule is CCOC(=O)c1cnn(C)c1NC(=O)Cn1nc(C)c(Cl)c1C. The van der Waals surface area contributed by atoms with E-state index in [1.165, 1.54) is 15.6 Å². The van der Waals surface area contributed by atoms with Crippen LogP contribution in [0.5, 0.6) is 0 Å². The first-order valence-corrected chi connectivity index (χ1v) is 7.41. The monoisotopic (exact) mass is 339 g/mol. The lowest BCUT2D eigenvalue weighted by atomic mass is 10.3. The van der Waals surface area contributed by atoms with Gasteiger partial charge in [-0.05, 0) is 20.8 Å². The molecular weight excluding hydrogens is 322 g/mol. The van der Waals surface area contributed by atoms with Crippen molar-refractivity contribution in [2.45, 2.75) is 27.3 Å².